The molecule has 0 aliphatic carbocycles. The number of carboxylic acids is 1. The quantitative estimate of drug-likeness (QED) is 0.643. The number of halogens is 1. The van der Waals surface area contributed by atoms with Crippen LogP contribution >= 0.6 is 22.9 Å². The minimum atomic E-state index is -0.929. The van der Waals surface area contributed by atoms with E-state index in [0.29, 0.717) is 17.1 Å². The van der Waals surface area contributed by atoms with Crippen molar-refractivity contribution in [3.8, 4) is 22.0 Å². The summed E-state index contributed by atoms with van der Waals surface area (Å²) in [7, 11) is 0. The van der Waals surface area contributed by atoms with E-state index in [-0.39, 0.29) is 6.10 Å². The van der Waals surface area contributed by atoms with Gasteiger partial charge in [-0.3, -0.25) is 0 Å². The lowest BCUT2D eigenvalue weighted by Gasteiger charge is -2.15. The Bertz CT molecular complexity index is 989. The van der Waals surface area contributed by atoms with Crippen LogP contribution in [-0.2, 0) is 11.3 Å². The van der Waals surface area contributed by atoms with Crippen LogP contribution in [0.15, 0.2) is 35.7 Å². The monoisotopic (exact) mass is 402 g/mol. The third-order valence-corrected chi connectivity index (χ3v) is 6.08. The first-order valence-electron chi connectivity index (χ1n) is 8.80. The maximum absolute atomic E-state index is 11.6. The number of hydrogen-bond acceptors (Lipinski definition) is 4. The second-order valence-corrected chi connectivity index (χ2v) is 7.86. The predicted octanol–water partition coefficient (Wildman–Crippen LogP) is 5.12. The molecule has 0 spiro atoms. The van der Waals surface area contributed by atoms with Crippen LogP contribution < -0.4 is 0 Å². The van der Waals surface area contributed by atoms with Crippen molar-refractivity contribution in [3.63, 3.8) is 0 Å². The van der Waals surface area contributed by atoms with Crippen LogP contribution in [0.5, 0.6) is 0 Å². The van der Waals surface area contributed by atoms with Gasteiger partial charge in [-0.25, -0.2) is 9.78 Å². The Morgan fingerprint density at radius 1 is 1.44 bits per heavy atom. The lowest BCUT2D eigenvalue weighted by molar-refractivity contribution is 0.0694. The van der Waals surface area contributed by atoms with Crippen molar-refractivity contribution in [1.29, 1.82) is 0 Å². The minimum absolute atomic E-state index is 0.109. The van der Waals surface area contributed by atoms with Crippen LogP contribution in [0.3, 0.4) is 0 Å². The second-order valence-electron chi connectivity index (χ2n) is 6.60. The van der Waals surface area contributed by atoms with Crippen molar-refractivity contribution in [2.24, 2.45) is 0 Å². The molecule has 1 fully saturated rings. The summed E-state index contributed by atoms with van der Waals surface area (Å²) >= 11 is 7.80. The molecule has 2 aromatic heterocycles. The summed E-state index contributed by atoms with van der Waals surface area (Å²) in [6.45, 7) is 3.23. The van der Waals surface area contributed by atoms with Crippen LogP contribution in [0, 0.1) is 6.92 Å². The van der Waals surface area contributed by atoms with Crippen molar-refractivity contribution in [3.05, 3.63) is 52.0 Å². The molecular formula is C20H19ClN2O3S. The number of hydrogen-bond donors (Lipinski definition) is 1. The fraction of sp³-hybridized carbons (Fsp3) is 0.300. The molecule has 1 N–H and O–H groups in total. The topological polar surface area (TPSA) is 64.3 Å². The van der Waals surface area contributed by atoms with Crippen molar-refractivity contribution in [2.75, 3.05) is 6.61 Å². The number of carbonyl (C=O) groups is 1. The van der Waals surface area contributed by atoms with Gasteiger partial charge in [-0.2, -0.15) is 0 Å². The summed E-state index contributed by atoms with van der Waals surface area (Å²) in [5.41, 5.74) is 3.46. The van der Waals surface area contributed by atoms with Crippen molar-refractivity contribution >= 4 is 28.9 Å². The minimum Gasteiger partial charge on any atom is -0.478 e. The average Bonchev–Trinajstić information content (AvgIpc) is 3.37. The molecule has 3 aromatic rings. The zero-order valence-electron chi connectivity index (χ0n) is 14.8. The fourth-order valence-electron chi connectivity index (χ4n) is 3.45. The van der Waals surface area contributed by atoms with Gasteiger partial charge < -0.3 is 14.4 Å². The molecule has 140 valence electrons. The Kier molecular flexibility index (Phi) is 5.04. The molecule has 5 nitrogen and oxygen atoms in total. The predicted molar refractivity (Wildman–Crippen MR) is 107 cm³/mol. The van der Waals surface area contributed by atoms with Gasteiger partial charge in [-0.15, -0.1) is 11.3 Å². The van der Waals surface area contributed by atoms with E-state index in [1.165, 1.54) is 11.3 Å². The maximum atomic E-state index is 11.6. The first-order chi connectivity index (χ1) is 13.0. The van der Waals surface area contributed by atoms with Gasteiger partial charge in [0.1, 0.15) is 5.01 Å². The highest BCUT2D eigenvalue weighted by Gasteiger charge is 2.24. The molecule has 0 saturated carbocycles. The number of thiazole rings is 1. The number of nitrogens with zero attached hydrogens (tertiary/aromatic N) is 2. The molecule has 0 radical (unpaired) electrons. The normalized spacial score (nSPS) is 16.7. The molecule has 3 heterocycles. The molecule has 1 atom stereocenters. The Balaban J connectivity index is 1.75. The summed E-state index contributed by atoms with van der Waals surface area (Å²) in [6, 6.07) is 9.29. The Hall–Kier alpha value is -2.15. The van der Waals surface area contributed by atoms with E-state index in [1.807, 2.05) is 41.1 Å². The highest BCUT2D eigenvalue weighted by Crippen LogP contribution is 2.35. The second kappa shape index (κ2) is 7.46. The lowest BCUT2D eigenvalue weighted by Crippen LogP contribution is -2.17. The van der Waals surface area contributed by atoms with Gasteiger partial charge in [0.25, 0.3) is 0 Å². The average molecular weight is 403 g/mol. The summed E-state index contributed by atoms with van der Waals surface area (Å²) in [4.78, 5) is 16.4. The van der Waals surface area contributed by atoms with Crippen LogP contribution in [0.4, 0.5) is 0 Å². The van der Waals surface area contributed by atoms with Gasteiger partial charge >= 0.3 is 5.97 Å². The van der Waals surface area contributed by atoms with Gasteiger partial charge in [-0.1, -0.05) is 29.8 Å². The standard InChI is InChI=1S/C20H19ClN2O3S/c1-12-15(20(24)25)9-18(23(12)10-13-5-4-8-26-13)17-11-27-19(22-17)14-6-2-3-7-16(14)21/h2-3,6-7,9,11,13H,4-5,8,10H2,1H3,(H,24,25). The zero-order chi connectivity index (χ0) is 19.0. The molecule has 1 saturated heterocycles. The van der Waals surface area contributed by atoms with Gasteiger partial charge in [0.2, 0.25) is 0 Å². The van der Waals surface area contributed by atoms with Crippen LogP contribution in [0.25, 0.3) is 22.0 Å². The third-order valence-electron chi connectivity index (χ3n) is 4.88. The summed E-state index contributed by atoms with van der Waals surface area (Å²) in [5, 5.41) is 13.0. The van der Waals surface area contributed by atoms with E-state index in [1.54, 1.807) is 6.07 Å². The van der Waals surface area contributed by atoms with E-state index >= 15 is 0 Å². The van der Waals surface area contributed by atoms with E-state index in [4.69, 9.17) is 21.3 Å². The first-order valence-corrected chi connectivity index (χ1v) is 10.1. The molecular weight excluding hydrogens is 384 g/mol. The molecule has 7 heteroatoms. The van der Waals surface area contributed by atoms with Gasteiger partial charge in [0.15, 0.2) is 0 Å². The van der Waals surface area contributed by atoms with Crippen LogP contribution in [-0.4, -0.2) is 33.3 Å². The number of aromatic nitrogens is 2. The summed E-state index contributed by atoms with van der Waals surface area (Å²) in [6.07, 6.45) is 2.14. The molecule has 0 amide bonds. The molecule has 1 aliphatic heterocycles. The molecule has 1 aliphatic rings. The molecule has 4 rings (SSSR count). The molecule has 1 unspecified atom stereocenters. The summed E-state index contributed by atoms with van der Waals surface area (Å²) < 4.78 is 7.78. The number of ether oxygens (including phenoxy) is 1. The van der Waals surface area contributed by atoms with Gasteiger partial charge in [0, 0.05) is 29.8 Å². The fourth-order valence-corrected chi connectivity index (χ4v) is 4.58. The zero-order valence-corrected chi connectivity index (χ0v) is 16.4. The van der Waals surface area contributed by atoms with E-state index in [9.17, 15) is 9.90 Å². The maximum Gasteiger partial charge on any atom is 0.337 e. The number of carboxylic acid groups (broad SMARTS) is 1. The largest absolute Gasteiger partial charge is 0.478 e. The Labute approximate surface area is 166 Å². The first kappa shape index (κ1) is 18.2. The molecule has 27 heavy (non-hydrogen) atoms. The van der Waals surface area contributed by atoms with Crippen molar-refractivity contribution < 1.29 is 14.6 Å². The SMILES string of the molecule is Cc1c(C(=O)O)cc(-c2csc(-c3ccccc3Cl)n2)n1CC1CCCO1. The van der Waals surface area contributed by atoms with E-state index in [0.717, 1.165) is 47.1 Å². The highest BCUT2D eigenvalue weighted by atomic mass is 35.5. The summed E-state index contributed by atoms with van der Waals surface area (Å²) in [5.74, 6) is -0.929. The number of aromatic carboxylic acids is 1. The number of benzene rings is 1. The molecule has 1 aromatic carbocycles. The van der Waals surface area contributed by atoms with Gasteiger partial charge in [-0.05, 0) is 31.9 Å². The number of rotatable bonds is 5. The Morgan fingerprint density at radius 2 is 2.26 bits per heavy atom. The van der Waals surface area contributed by atoms with Crippen molar-refractivity contribution in [2.45, 2.75) is 32.4 Å². The van der Waals surface area contributed by atoms with E-state index < -0.39 is 5.97 Å². The van der Waals surface area contributed by atoms with Crippen LogP contribution in [0.2, 0.25) is 5.02 Å². The third kappa shape index (κ3) is 3.52. The Morgan fingerprint density at radius 3 is 2.96 bits per heavy atom. The lowest BCUT2D eigenvalue weighted by atomic mass is 10.2. The van der Waals surface area contributed by atoms with E-state index in [2.05, 4.69) is 0 Å². The smallest absolute Gasteiger partial charge is 0.337 e. The van der Waals surface area contributed by atoms with Crippen LogP contribution in [0.1, 0.15) is 28.9 Å². The molecule has 0 bridgehead atoms. The highest BCUT2D eigenvalue weighted by molar-refractivity contribution is 7.13. The van der Waals surface area contributed by atoms with Gasteiger partial charge in [0.05, 0.1) is 28.1 Å². The van der Waals surface area contributed by atoms with Crippen molar-refractivity contribution in [1.82, 2.24) is 9.55 Å².